The number of hydrogen-bond donors (Lipinski definition) is 0. The van der Waals surface area contributed by atoms with Crippen molar-refractivity contribution in [3.8, 4) is 0 Å². The van der Waals surface area contributed by atoms with Gasteiger partial charge in [-0.3, -0.25) is 4.79 Å². The van der Waals surface area contributed by atoms with Gasteiger partial charge in [0.2, 0.25) is 0 Å². The first-order valence-electron chi connectivity index (χ1n) is 7.04. The molecule has 0 unspecified atom stereocenters. The number of pyridine rings is 1. The Morgan fingerprint density at radius 3 is 2.53 bits per heavy atom. The minimum absolute atomic E-state index is 0.0495. The monoisotopic (exact) mass is 261 g/mol. The summed E-state index contributed by atoms with van der Waals surface area (Å²) in [4.78, 5) is 24.5. The van der Waals surface area contributed by atoms with Crippen molar-refractivity contribution in [3.63, 3.8) is 0 Å². The third-order valence-corrected chi connectivity index (χ3v) is 4.32. The molecule has 0 radical (unpaired) electrons. The van der Waals surface area contributed by atoms with E-state index in [1.165, 1.54) is 6.42 Å². The van der Waals surface area contributed by atoms with E-state index in [0.29, 0.717) is 0 Å². The smallest absolute Gasteiger partial charge is 0.345 e. The van der Waals surface area contributed by atoms with Gasteiger partial charge in [0, 0.05) is 17.8 Å². The van der Waals surface area contributed by atoms with Crippen LogP contribution >= 0.6 is 0 Å². The van der Waals surface area contributed by atoms with Crippen molar-refractivity contribution >= 4 is 5.97 Å². The molecule has 3 rings (SSSR count). The van der Waals surface area contributed by atoms with Gasteiger partial charge in [0.1, 0.15) is 11.2 Å². The Kier molecular flexibility index (Phi) is 2.77. The molecule has 1 aromatic rings. The molecule has 2 heterocycles. The van der Waals surface area contributed by atoms with E-state index in [2.05, 4.69) is 0 Å². The van der Waals surface area contributed by atoms with Crippen LogP contribution in [0, 0.1) is 0 Å². The second-order valence-corrected chi connectivity index (χ2v) is 5.86. The fraction of sp³-hybridized carbons (Fsp3) is 0.600. The molecule has 0 aromatic carbocycles. The molecule has 1 aliphatic heterocycles. The molecule has 0 N–H and O–H groups in total. The zero-order chi connectivity index (χ0) is 13.6. The van der Waals surface area contributed by atoms with Crippen LogP contribution in [0.1, 0.15) is 67.9 Å². The van der Waals surface area contributed by atoms with Crippen molar-refractivity contribution in [3.05, 3.63) is 33.7 Å². The molecule has 1 saturated carbocycles. The van der Waals surface area contributed by atoms with Gasteiger partial charge in [0.15, 0.2) is 0 Å². The summed E-state index contributed by atoms with van der Waals surface area (Å²) in [6.45, 7) is 3.87. The van der Waals surface area contributed by atoms with Crippen molar-refractivity contribution in [2.45, 2.75) is 57.6 Å². The predicted molar refractivity (Wildman–Crippen MR) is 71.3 cm³/mol. The average molecular weight is 261 g/mol. The molecule has 1 spiro atoms. The van der Waals surface area contributed by atoms with Gasteiger partial charge in [0.05, 0.1) is 0 Å². The maximum Gasteiger partial charge on any atom is 0.345 e. The van der Waals surface area contributed by atoms with Crippen LogP contribution in [0.25, 0.3) is 0 Å². The van der Waals surface area contributed by atoms with Crippen LogP contribution in [0.2, 0.25) is 0 Å². The van der Waals surface area contributed by atoms with Crippen molar-refractivity contribution in [1.82, 2.24) is 4.57 Å². The van der Waals surface area contributed by atoms with Gasteiger partial charge >= 0.3 is 5.97 Å². The Hall–Kier alpha value is -1.58. The highest BCUT2D eigenvalue weighted by Gasteiger charge is 2.47. The van der Waals surface area contributed by atoms with Crippen molar-refractivity contribution < 1.29 is 9.53 Å². The molecular weight excluding hydrogens is 242 g/mol. The summed E-state index contributed by atoms with van der Waals surface area (Å²) < 4.78 is 7.22. The van der Waals surface area contributed by atoms with Crippen molar-refractivity contribution in [1.29, 1.82) is 0 Å². The number of aromatic nitrogens is 1. The Morgan fingerprint density at radius 2 is 1.89 bits per heavy atom. The molecule has 19 heavy (non-hydrogen) atoms. The summed E-state index contributed by atoms with van der Waals surface area (Å²) in [6, 6.07) is 1.96. The van der Waals surface area contributed by atoms with Gasteiger partial charge in [-0.05, 0) is 45.6 Å². The lowest BCUT2D eigenvalue weighted by Crippen LogP contribution is -2.30. The van der Waals surface area contributed by atoms with Gasteiger partial charge in [-0.2, -0.15) is 0 Å². The minimum Gasteiger partial charge on any atom is -0.450 e. The maximum absolute atomic E-state index is 12.4. The molecular formula is C15H19NO3. The highest BCUT2D eigenvalue weighted by Crippen LogP contribution is 2.45. The summed E-state index contributed by atoms with van der Waals surface area (Å²) in [5, 5.41) is 0. The van der Waals surface area contributed by atoms with Crippen molar-refractivity contribution in [2.24, 2.45) is 0 Å². The first-order valence-corrected chi connectivity index (χ1v) is 7.04. The van der Waals surface area contributed by atoms with Gasteiger partial charge in [-0.25, -0.2) is 4.79 Å². The second-order valence-electron chi connectivity index (χ2n) is 5.86. The Morgan fingerprint density at radius 1 is 1.21 bits per heavy atom. The molecule has 1 aliphatic carbocycles. The Balaban J connectivity index is 2.17. The summed E-state index contributed by atoms with van der Waals surface area (Å²) in [5.41, 5.74) is 0.358. The highest BCUT2D eigenvalue weighted by molar-refractivity contribution is 5.94. The van der Waals surface area contributed by atoms with Gasteiger partial charge in [-0.15, -0.1) is 0 Å². The molecule has 0 amide bonds. The van der Waals surface area contributed by atoms with Crippen molar-refractivity contribution in [2.75, 3.05) is 0 Å². The summed E-state index contributed by atoms with van der Waals surface area (Å²) >= 11 is 0. The van der Waals surface area contributed by atoms with E-state index in [-0.39, 0.29) is 17.2 Å². The normalized spacial score (nSPS) is 20.7. The van der Waals surface area contributed by atoms with Crippen LogP contribution in [0.3, 0.4) is 0 Å². The third-order valence-electron chi connectivity index (χ3n) is 4.32. The number of rotatable bonds is 1. The van der Waals surface area contributed by atoms with Gasteiger partial charge in [-0.1, -0.05) is 6.42 Å². The number of ether oxygens (including phenoxy) is 1. The summed E-state index contributed by atoms with van der Waals surface area (Å²) in [5.74, 6) is -0.433. The zero-order valence-corrected chi connectivity index (χ0v) is 11.4. The first-order chi connectivity index (χ1) is 9.05. The van der Waals surface area contributed by atoms with E-state index in [0.717, 1.165) is 31.2 Å². The van der Waals surface area contributed by atoms with E-state index in [1.807, 2.05) is 19.9 Å². The number of carbonyl (C=O) groups excluding carboxylic acids is 1. The first kappa shape index (κ1) is 12.5. The van der Waals surface area contributed by atoms with Crippen LogP contribution in [0.15, 0.2) is 17.1 Å². The molecule has 1 fully saturated rings. The molecule has 0 atom stereocenters. The summed E-state index contributed by atoms with van der Waals surface area (Å²) in [6.07, 6.45) is 6.77. The fourth-order valence-corrected chi connectivity index (χ4v) is 3.31. The van der Waals surface area contributed by atoms with Crippen LogP contribution < -0.4 is 5.56 Å². The molecule has 2 aliphatic rings. The van der Waals surface area contributed by atoms with Crippen LogP contribution in [0.4, 0.5) is 0 Å². The van der Waals surface area contributed by atoms with Crippen LogP contribution in [-0.4, -0.2) is 10.5 Å². The molecule has 102 valence electrons. The third kappa shape index (κ3) is 1.73. The molecule has 1 aromatic heterocycles. The number of fused-ring (bicyclic) bond motifs is 2. The topological polar surface area (TPSA) is 48.3 Å². The lowest BCUT2D eigenvalue weighted by molar-refractivity contribution is -0.0280. The van der Waals surface area contributed by atoms with Crippen LogP contribution in [0.5, 0.6) is 0 Å². The fourth-order valence-electron chi connectivity index (χ4n) is 3.31. The minimum atomic E-state index is -0.514. The standard InChI is InChI=1S/C15H19NO3/c1-10(2)16-9-6-11-12(13(16)17)14(18)19-15(11)7-4-3-5-8-15/h6,9-10H,3-5,7-8H2,1-2H3. The number of hydrogen-bond acceptors (Lipinski definition) is 3. The predicted octanol–water partition coefficient (Wildman–Crippen LogP) is 2.76. The van der Waals surface area contributed by atoms with E-state index >= 15 is 0 Å². The highest BCUT2D eigenvalue weighted by atomic mass is 16.6. The Bertz CT molecular complexity index is 580. The van der Waals surface area contributed by atoms with Crippen LogP contribution in [-0.2, 0) is 10.3 Å². The molecule has 4 nitrogen and oxygen atoms in total. The second kappa shape index (κ2) is 4.22. The number of nitrogens with zero attached hydrogens (tertiary/aromatic N) is 1. The van der Waals surface area contributed by atoms with E-state index in [9.17, 15) is 9.59 Å². The van der Waals surface area contributed by atoms with E-state index in [4.69, 9.17) is 4.74 Å². The molecule has 4 heteroatoms. The number of carbonyl (C=O) groups is 1. The lowest BCUT2D eigenvalue weighted by Gasteiger charge is -2.32. The van der Waals surface area contributed by atoms with Gasteiger partial charge in [0.25, 0.3) is 5.56 Å². The van der Waals surface area contributed by atoms with E-state index in [1.54, 1.807) is 10.8 Å². The maximum atomic E-state index is 12.4. The van der Waals surface area contributed by atoms with Gasteiger partial charge < -0.3 is 9.30 Å². The number of esters is 1. The molecule has 0 saturated heterocycles. The Labute approximate surface area is 112 Å². The lowest BCUT2D eigenvalue weighted by atomic mass is 9.80. The van der Waals surface area contributed by atoms with E-state index < -0.39 is 11.6 Å². The largest absolute Gasteiger partial charge is 0.450 e. The summed E-state index contributed by atoms with van der Waals surface area (Å²) in [7, 11) is 0. The average Bonchev–Trinajstić information content (AvgIpc) is 2.64. The SMILES string of the molecule is CC(C)n1ccc2c(c1=O)C(=O)OC21CCCCC1. The zero-order valence-electron chi connectivity index (χ0n) is 11.4. The quantitative estimate of drug-likeness (QED) is 0.730. The molecule has 0 bridgehead atoms.